The summed E-state index contributed by atoms with van der Waals surface area (Å²) < 4.78 is 5.22. The second kappa shape index (κ2) is 7.37. The van der Waals surface area contributed by atoms with Crippen LogP contribution in [-0.4, -0.2) is 17.4 Å². The SMILES string of the molecule is CCOc1ccc(NC(=O)/C=C/c2cccs2)c([N+](=O)[O-])c1. The lowest BCUT2D eigenvalue weighted by atomic mass is 10.2. The van der Waals surface area contributed by atoms with Crippen molar-refractivity contribution in [2.24, 2.45) is 0 Å². The number of carbonyl (C=O) groups is 1. The standard InChI is InChI=1S/C15H14N2O4S/c1-2-21-11-5-7-13(14(10-11)17(19)20)16-15(18)8-6-12-4-3-9-22-12/h3-10H,2H2,1H3,(H,16,18)/b8-6+. The van der Waals surface area contributed by atoms with E-state index in [4.69, 9.17) is 4.74 Å². The van der Waals surface area contributed by atoms with Gasteiger partial charge in [0.2, 0.25) is 5.91 Å². The molecule has 7 heteroatoms. The van der Waals surface area contributed by atoms with Gasteiger partial charge in [0.1, 0.15) is 11.4 Å². The molecule has 0 fully saturated rings. The Morgan fingerprint density at radius 3 is 2.91 bits per heavy atom. The Hall–Kier alpha value is -2.67. The molecule has 1 N–H and O–H groups in total. The first-order valence-corrected chi connectivity index (χ1v) is 7.42. The van der Waals surface area contributed by atoms with E-state index in [0.29, 0.717) is 12.4 Å². The van der Waals surface area contributed by atoms with Gasteiger partial charge in [0.05, 0.1) is 17.6 Å². The quantitative estimate of drug-likeness (QED) is 0.500. The maximum Gasteiger partial charge on any atom is 0.296 e. The highest BCUT2D eigenvalue weighted by Gasteiger charge is 2.16. The largest absolute Gasteiger partial charge is 0.494 e. The third kappa shape index (κ3) is 4.16. The number of thiophene rings is 1. The first-order chi connectivity index (χ1) is 10.6. The van der Waals surface area contributed by atoms with Crippen LogP contribution in [0, 0.1) is 10.1 Å². The number of nitrogens with one attached hydrogen (secondary N) is 1. The molecule has 0 unspecified atom stereocenters. The molecule has 1 amide bonds. The molecule has 2 aromatic rings. The molecule has 0 spiro atoms. The van der Waals surface area contributed by atoms with Crippen LogP contribution < -0.4 is 10.1 Å². The van der Waals surface area contributed by atoms with Crippen molar-refractivity contribution in [3.05, 3.63) is 56.8 Å². The van der Waals surface area contributed by atoms with E-state index in [1.165, 1.54) is 29.5 Å². The molecule has 0 aliphatic rings. The summed E-state index contributed by atoms with van der Waals surface area (Å²) in [6, 6.07) is 8.07. The Labute approximate surface area is 131 Å². The van der Waals surface area contributed by atoms with Crippen molar-refractivity contribution in [3.63, 3.8) is 0 Å². The number of nitrogens with zero attached hydrogens (tertiary/aromatic N) is 1. The normalized spacial score (nSPS) is 10.6. The molecular formula is C15H14N2O4S. The number of anilines is 1. The van der Waals surface area contributed by atoms with Gasteiger partial charge in [-0.3, -0.25) is 14.9 Å². The molecule has 0 bridgehead atoms. The van der Waals surface area contributed by atoms with E-state index in [1.54, 1.807) is 19.1 Å². The zero-order valence-electron chi connectivity index (χ0n) is 11.8. The van der Waals surface area contributed by atoms with Crippen LogP contribution in [0.25, 0.3) is 6.08 Å². The van der Waals surface area contributed by atoms with Gasteiger partial charge in [-0.2, -0.15) is 0 Å². The highest BCUT2D eigenvalue weighted by Crippen LogP contribution is 2.29. The fraction of sp³-hybridized carbons (Fsp3) is 0.133. The Balaban J connectivity index is 2.14. The van der Waals surface area contributed by atoms with Crippen molar-refractivity contribution in [1.82, 2.24) is 0 Å². The van der Waals surface area contributed by atoms with Crippen molar-refractivity contribution < 1.29 is 14.5 Å². The van der Waals surface area contributed by atoms with Crippen molar-refractivity contribution in [3.8, 4) is 5.75 Å². The van der Waals surface area contributed by atoms with Gasteiger partial charge < -0.3 is 10.1 Å². The van der Waals surface area contributed by atoms with E-state index >= 15 is 0 Å². The van der Waals surface area contributed by atoms with Crippen molar-refractivity contribution in [1.29, 1.82) is 0 Å². The molecule has 1 aromatic heterocycles. The molecule has 0 atom stereocenters. The van der Waals surface area contributed by atoms with Crippen LogP contribution in [0.1, 0.15) is 11.8 Å². The average Bonchev–Trinajstić information content (AvgIpc) is 3.00. The second-order valence-electron chi connectivity index (χ2n) is 4.21. The molecule has 6 nitrogen and oxygen atoms in total. The number of nitro benzene ring substituents is 1. The molecule has 22 heavy (non-hydrogen) atoms. The van der Waals surface area contributed by atoms with Crippen LogP contribution >= 0.6 is 11.3 Å². The monoisotopic (exact) mass is 318 g/mol. The van der Waals surface area contributed by atoms with Crippen LogP contribution in [-0.2, 0) is 4.79 Å². The highest BCUT2D eigenvalue weighted by atomic mass is 32.1. The minimum Gasteiger partial charge on any atom is -0.494 e. The van der Waals surface area contributed by atoms with E-state index in [9.17, 15) is 14.9 Å². The predicted octanol–water partition coefficient (Wildman–Crippen LogP) is 3.71. The van der Waals surface area contributed by atoms with Crippen LogP contribution in [0.4, 0.5) is 11.4 Å². The molecule has 0 aliphatic heterocycles. The molecule has 2 rings (SSSR count). The van der Waals surface area contributed by atoms with Gasteiger partial charge in [-0.1, -0.05) is 6.07 Å². The van der Waals surface area contributed by atoms with E-state index in [1.807, 2.05) is 17.5 Å². The number of carbonyl (C=O) groups excluding carboxylic acids is 1. The predicted molar refractivity (Wildman–Crippen MR) is 86.2 cm³/mol. The lowest BCUT2D eigenvalue weighted by Gasteiger charge is -2.06. The molecular weight excluding hydrogens is 304 g/mol. The zero-order chi connectivity index (χ0) is 15.9. The fourth-order valence-corrected chi connectivity index (χ4v) is 2.36. The van der Waals surface area contributed by atoms with Crippen molar-refractivity contribution in [2.75, 3.05) is 11.9 Å². The summed E-state index contributed by atoms with van der Waals surface area (Å²) in [5.41, 5.74) is -0.0712. The minimum absolute atomic E-state index is 0.134. The summed E-state index contributed by atoms with van der Waals surface area (Å²) in [7, 11) is 0. The topological polar surface area (TPSA) is 81.5 Å². The van der Waals surface area contributed by atoms with Gasteiger partial charge >= 0.3 is 0 Å². The number of rotatable bonds is 6. The van der Waals surface area contributed by atoms with Crippen molar-refractivity contribution >= 4 is 34.7 Å². The highest BCUT2D eigenvalue weighted by molar-refractivity contribution is 7.10. The average molecular weight is 318 g/mol. The number of ether oxygens (including phenoxy) is 1. The number of hydrogen-bond acceptors (Lipinski definition) is 5. The number of benzene rings is 1. The molecule has 0 aliphatic carbocycles. The summed E-state index contributed by atoms with van der Waals surface area (Å²) in [6.07, 6.45) is 2.99. The maximum absolute atomic E-state index is 11.8. The number of amides is 1. The molecule has 1 aromatic carbocycles. The van der Waals surface area contributed by atoms with Crippen LogP contribution in [0.5, 0.6) is 5.75 Å². The maximum atomic E-state index is 11.8. The van der Waals surface area contributed by atoms with Crippen LogP contribution in [0.3, 0.4) is 0 Å². The van der Waals surface area contributed by atoms with Crippen LogP contribution in [0.15, 0.2) is 41.8 Å². The van der Waals surface area contributed by atoms with E-state index in [0.717, 1.165) is 4.88 Å². The Morgan fingerprint density at radius 2 is 2.27 bits per heavy atom. The smallest absolute Gasteiger partial charge is 0.296 e. The molecule has 0 radical (unpaired) electrons. The second-order valence-corrected chi connectivity index (χ2v) is 5.19. The summed E-state index contributed by atoms with van der Waals surface area (Å²) in [4.78, 5) is 23.3. The summed E-state index contributed by atoms with van der Waals surface area (Å²) in [5, 5.41) is 15.5. The third-order valence-corrected chi connectivity index (χ3v) is 3.51. The Kier molecular flexibility index (Phi) is 5.26. The third-order valence-electron chi connectivity index (χ3n) is 2.68. The van der Waals surface area contributed by atoms with Gasteiger partial charge in [-0.05, 0) is 36.6 Å². The summed E-state index contributed by atoms with van der Waals surface area (Å²) in [5.74, 6) is -0.0398. The number of hydrogen-bond donors (Lipinski definition) is 1. The number of nitro groups is 1. The Bertz CT molecular complexity index is 696. The summed E-state index contributed by atoms with van der Waals surface area (Å²) in [6.45, 7) is 2.20. The van der Waals surface area contributed by atoms with Crippen molar-refractivity contribution in [2.45, 2.75) is 6.92 Å². The Morgan fingerprint density at radius 1 is 1.45 bits per heavy atom. The minimum atomic E-state index is -0.554. The van der Waals surface area contributed by atoms with Gasteiger partial charge in [0.15, 0.2) is 0 Å². The molecule has 0 saturated heterocycles. The van der Waals surface area contributed by atoms with E-state index in [-0.39, 0.29) is 11.4 Å². The first-order valence-electron chi connectivity index (χ1n) is 6.54. The lowest BCUT2D eigenvalue weighted by Crippen LogP contribution is -2.09. The van der Waals surface area contributed by atoms with Crippen LogP contribution in [0.2, 0.25) is 0 Å². The zero-order valence-corrected chi connectivity index (χ0v) is 12.6. The lowest BCUT2D eigenvalue weighted by molar-refractivity contribution is -0.384. The fourth-order valence-electron chi connectivity index (χ4n) is 1.74. The summed E-state index contributed by atoms with van der Waals surface area (Å²) >= 11 is 1.50. The van der Waals surface area contributed by atoms with Gasteiger partial charge in [-0.15, -0.1) is 11.3 Å². The molecule has 114 valence electrons. The van der Waals surface area contributed by atoms with Gasteiger partial charge in [0.25, 0.3) is 5.69 Å². The van der Waals surface area contributed by atoms with Gasteiger partial charge in [0, 0.05) is 11.0 Å². The van der Waals surface area contributed by atoms with Gasteiger partial charge in [-0.25, -0.2) is 0 Å². The first kappa shape index (κ1) is 15.7. The molecule has 0 saturated carbocycles. The molecule has 1 heterocycles. The van der Waals surface area contributed by atoms with E-state index in [2.05, 4.69) is 5.32 Å². The van der Waals surface area contributed by atoms with E-state index < -0.39 is 10.8 Å².